The second-order valence-electron chi connectivity index (χ2n) is 3.57. The van der Waals surface area contributed by atoms with Gasteiger partial charge in [0.2, 0.25) is 5.95 Å². The number of anilines is 4. The van der Waals surface area contributed by atoms with Crippen LogP contribution in [0.4, 0.5) is 23.3 Å². The van der Waals surface area contributed by atoms with Gasteiger partial charge in [0.15, 0.2) is 11.6 Å². The van der Waals surface area contributed by atoms with E-state index in [4.69, 9.17) is 5.73 Å². The van der Waals surface area contributed by atoms with Crippen molar-refractivity contribution >= 4 is 23.3 Å². The smallest absolute Gasteiger partial charge is 0.224 e. The van der Waals surface area contributed by atoms with E-state index in [1.54, 1.807) is 0 Å². The Hall–Kier alpha value is -1.72. The summed E-state index contributed by atoms with van der Waals surface area (Å²) in [6.07, 6.45) is 2.39. The maximum atomic E-state index is 5.62. The molecule has 1 aliphatic carbocycles. The Kier molecular flexibility index (Phi) is 2.49. The van der Waals surface area contributed by atoms with Gasteiger partial charge >= 0.3 is 0 Å². The lowest BCUT2D eigenvalue weighted by Crippen LogP contribution is -2.11. The number of nitrogens with zero attached hydrogens (tertiary/aromatic N) is 2. The van der Waals surface area contributed by atoms with E-state index in [9.17, 15) is 0 Å². The van der Waals surface area contributed by atoms with E-state index in [2.05, 4.69) is 25.9 Å². The summed E-state index contributed by atoms with van der Waals surface area (Å²) in [7, 11) is 3.65. The van der Waals surface area contributed by atoms with Crippen LogP contribution in [0.15, 0.2) is 0 Å². The second-order valence-corrected chi connectivity index (χ2v) is 3.57. The summed E-state index contributed by atoms with van der Waals surface area (Å²) in [6, 6.07) is 0.538. The van der Waals surface area contributed by atoms with Crippen molar-refractivity contribution in [1.29, 1.82) is 0 Å². The molecule has 5 N–H and O–H groups in total. The van der Waals surface area contributed by atoms with E-state index < -0.39 is 0 Å². The van der Waals surface area contributed by atoms with Crippen LogP contribution in [0.3, 0.4) is 0 Å². The fourth-order valence-electron chi connectivity index (χ4n) is 1.42. The molecule has 0 saturated heterocycles. The minimum atomic E-state index is 0.279. The highest BCUT2D eigenvalue weighted by Crippen LogP contribution is 2.32. The van der Waals surface area contributed by atoms with Gasteiger partial charge in [-0.1, -0.05) is 0 Å². The van der Waals surface area contributed by atoms with E-state index in [0.29, 0.717) is 11.9 Å². The zero-order valence-corrected chi connectivity index (χ0v) is 8.96. The van der Waals surface area contributed by atoms with E-state index >= 15 is 0 Å². The highest BCUT2D eigenvalue weighted by atomic mass is 15.2. The fraction of sp³-hybridized carbons (Fsp3) is 0.556. The number of nitrogen functional groups attached to an aromatic ring is 1. The van der Waals surface area contributed by atoms with Crippen LogP contribution in [0.25, 0.3) is 0 Å². The van der Waals surface area contributed by atoms with Crippen molar-refractivity contribution in [3.63, 3.8) is 0 Å². The molecule has 0 aliphatic heterocycles. The summed E-state index contributed by atoms with van der Waals surface area (Å²) in [5, 5.41) is 9.37. The number of nitrogens with one attached hydrogen (secondary N) is 3. The van der Waals surface area contributed by atoms with Gasteiger partial charge in [0.05, 0.1) is 0 Å². The molecule has 1 fully saturated rings. The van der Waals surface area contributed by atoms with Crippen LogP contribution in [0, 0.1) is 0 Å². The van der Waals surface area contributed by atoms with Crippen molar-refractivity contribution < 1.29 is 0 Å². The van der Waals surface area contributed by atoms with E-state index in [-0.39, 0.29) is 5.95 Å². The molecule has 15 heavy (non-hydrogen) atoms. The Bertz CT molecular complexity index is 360. The summed E-state index contributed by atoms with van der Waals surface area (Å²) >= 11 is 0. The van der Waals surface area contributed by atoms with Gasteiger partial charge in [-0.15, -0.1) is 0 Å². The summed E-state index contributed by atoms with van der Waals surface area (Å²) in [6.45, 7) is 0. The molecule has 6 heteroatoms. The predicted molar refractivity (Wildman–Crippen MR) is 62.2 cm³/mol. The van der Waals surface area contributed by atoms with Crippen molar-refractivity contribution in [1.82, 2.24) is 9.97 Å². The van der Waals surface area contributed by atoms with Crippen LogP contribution in [0.2, 0.25) is 0 Å². The average Bonchev–Trinajstić information content (AvgIpc) is 3.01. The van der Waals surface area contributed by atoms with Crippen molar-refractivity contribution in [2.45, 2.75) is 18.9 Å². The van der Waals surface area contributed by atoms with Crippen LogP contribution in [0.1, 0.15) is 12.8 Å². The molecule has 2 rings (SSSR count). The quantitative estimate of drug-likeness (QED) is 0.583. The topological polar surface area (TPSA) is 87.9 Å². The monoisotopic (exact) mass is 208 g/mol. The van der Waals surface area contributed by atoms with Crippen LogP contribution in [-0.2, 0) is 0 Å². The third-order valence-corrected chi connectivity index (χ3v) is 2.33. The molecule has 0 amide bonds. The first-order valence-electron chi connectivity index (χ1n) is 5.04. The normalized spacial score (nSPS) is 14.8. The molecule has 6 nitrogen and oxygen atoms in total. The molecular weight excluding hydrogens is 192 g/mol. The number of aromatic nitrogens is 2. The fourth-order valence-corrected chi connectivity index (χ4v) is 1.42. The summed E-state index contributed by atoms with van der Waals surface area (Å²) < 4.78 is 0. The van der Waals surface area contributed by atoms with Gasteiger partial charge in [0, 0.05) is 20.1 Å². The maximum Gasteiger partial charge on any atom is 0.224 e. The van der Waals surface area contributed by atoms with Gasteiger partial charge < -0.3 is 21.7 Å². The lowest BCUT2D eigenvalue weighted by Gasteiger charge is -2.14. The van der Waals surface area contributed by atoms with Gasteiger partial charge in [0.1, 0.15) is 5.69 Å². The Balaban J connectivity index is 2.34. The number of nitrogens with two attached hydrogens (primary N) is 1. The molecule has 0 atom stereocenters. The zero-order valence-electron chi connectivity index (χ0n) is 8.96. The van der Waals surface area contributed by atoms with Gasteiger partial charge in [-0.25, -0.2) is 0 Å². The van der Waals surface area contributed by atoms with Crippen LogP contribution in [-0.4, -0.2) is 30.1 Å². The lowest BCUT2D eigenvalue weighted by molar-refractivity contribution is 1.09. The predicted octanol–water partition coefficient (Wildman–Crippen LogP) is 0.716. The van der Waals surface area contributed by atoms with Crippen LogP contribution < -0.4 is 21.7 Å². The van der Waals surface area contributed by atoms with Gasteiger partial charge in [-0.05, 0) is 12.8 Å². The van der Waals surface area contributed by atoms with Crippen molar-refractivity contribution in [2.75, 3.05) is 35.8 Å². The average molecular weight is 208 g/mol. The van der Waals surface area contributed by atoms with Gasteiger partial charge in [-0.3, -0.25) is 0 Å². The number of hydrogen-bond acceptors (Lipinski definition) is 6. The highest BCUT2D eigenvalue weighted by Gasteiger charge is 2.23. The van der Waals surface area contributed by atoms with E-state index in [1.165, 1.54) is 12.8 Å². The molecule has 1 heterocycles. The third kappa shape index (κ3) is 2.03. The van der Waals surface area contributed by atoms with Crippen LogP contribution in [0.5, 0.6) is 0 Å². The Morgan fingerprint density at radius 1 is 1.13 bits per heavy atom. The molecular formula is C9H16N6. The first kappa shape index (κ1) is 9.82. The summed E-state index contributed by atoms with van der Waals surface area (Å²) in [5.41, 5.74) is 6.48. The SMILES string of the molecule is CNc1nc(N)nc(NC2CC2)c1NC. The molecule has 0 unspecified atom stereocenters. The number of hydrogen-bond donors (Lipinski definition) is 4. The largest absolute Gasteiger partial charge is 0.382 e. The Morgan fingerprint density at radius 3 is 2.33 bits per heavy atom. The summed E-state index contributed by atoms with van der Waals surface area (Å²) in [5.74, 6) is 1.77. The van der Waals surface area contributed by atoms with Crippen molar-refractivity contribution in [3.8, 4) is 0 Å². The van der Waals surface area contributed by atoms with Gasteiger partial charge in [-0.2, -0.15) is 9.97 Å². The van der Waals surface area contributed by atoms with E-state index in [0.717, 1.165) is 11.5 Å². The standard InChI is InChI=1S/C9H16N6/c1-11-6-7(12-2)14-9(10)15-8(6)13-5-3-4-5/h5,11H,3-4H2,1-2H3,(H4,10,12,13,14,15). The third-order valence-electron chi connectivity index (χ3n) is 2.33. The molecule has 0 spiro atoms. The molecule has 1 saturated carbocycles. The maximum absolute atomic E-state index is 5.62. The lowest BCUT2D eigenvalue weighted by atomic mass is 10.4. The second kappa shape index (κ2) is 3.80. The first-order chi connectivity index (χ1) is 7.24. The highest BCUT2D eigenvalue weighted by molar-refractivity contribution is 5.78. The van der Waals surface area contributed by atoms with Gasteiger partial charge in [0.25, 0.3) is 0 Å². The van der Waals surface area contributed by atoms with Crippen molar-refractivity contribution in [2.24, 2.45) is 0 Å². The van der Waals surface area contributed by atoms with Crippen LogP contribution >= 0.6 is 0 Å². The molecule has 1 aliphatic rings. The Morgan fingerprint density at radius 2 is 1.80 bits per heavy atom. The first-order valence-corrected chi connectivity index (χ1v) is 5.04. The Labute approximate surface area is 88.7 Å². The minimum absolute atomic E-state index is 0.279. The molecule has 82 valence electrons. The zero-order chi connectivity index (χ0) is 10.8. The molecule has 0 radical (unpaired) electrons. The number of rotatable bonds is 4. The molecule has 0 bridgehead atoms. The molecule has 0 aromatic carbocycles. The summed E-state index contributed by atoms with van der Waals surface area (Å²) in [4.78, 5) is 8.29. The molecule has 1 aromatic rings. The minimum Gasteiger partial charge on any atom is -0.382 e. The van der Waals surface area contributed by atoms with E-state index in [1.807, 2.05) is 14.1 Å². The molecule has 1 aromatic heterocycles. The van der Waals surface area contributed by atoms with Crippen molar-refractivity contribution in [3.05, 3.63) is 0 Å².